The van der Waals surface area contributed by atoms with E-state index in [1.165, 1.54) is 0 Å². The topological polar surface area (TPSA) is 79.0 Å². The highest BCUT2D eigenvalue weighted by Gasteiger charge is 2.29. The number of carbonyl (C=O) groups excluding carboxylic acids is 1. The molecular formula is C25H33N3O4S. The molecular weight excluding hydrogens is 438 g/mol. The fraction of sp³-hybridized carbons (Fsp3) is 0.480. The summed E-state index contributed by atoms with van der Waals surface area (Å²) in [6, 6.07) is 16.4. The minimum absolute atomic E-state index is 0.0257. The van der Waals surface area contributed by atoms with Crippen molar-refractivity contribution in [2.24, 2.45) is 0 Å². The maximum atomic E-state index is 13.0. The van der Waals surface area contributed by atoms with Crippen LogP contribution in [0.4, 0.5) is 0 Å². The van der Waals surface area contributed by atoms with Gasteiger partial charge in [-0.2, -0.15) is 4.31 Å². The number of rotatable bonds is 7. The van der Waals surface area contributed by atoms with Crippen LogP contribution in [0.1, 0.15) is 48.1 Å². The molecule has 7 nitrogen and oxygen atoms in total. The normalized spacial score (nSPS) is 20.2. The fourth-order valence-electron chi connectivity index (χ4n) is 4.72. The van der Waals surface area contributed by atoms with Crippen LogP contribution >= 0.6 is 0 Å². The van der Waals surface area contributed by atoms with Crippen molar-refractivity contribution in [2.45, 2.75) is 43.2 Å². The molecule has 0 aliphatic carbocycles. The molecule has 8 heteroatoms. The average molecular weight is 472 g/mol. The van der Waals surface area contributed by atoms with Crippen molar-refractivity contribution >= 4 is 15.9 Å². The number of hydrogen-bond acceptors (Lipinski definition) is 5. The van der Waals surface area contributed by atoms with Gasteiger partial charge in [-0.25, -0.2) is 8.42 Å². The molecule has 0 unspecified atom stereocenters. The first-order valence-corrected chi connectivity index (χ1v) is 13.2. The Morgan fingerprint density at radius 1 is 0.909 bits per heavy atom. The Balaban J connectivity index is 1.47. The van der Waals surface area contributed by atoms with Crippen LogP contribution in [0.5, 0.6) is 0 Å². The first-order valence-electron chi connectivity index (χ1n) is 11.7. The van der Waals surface area contributed by atoms with Crippen LogP contribution in [-0.2, 0) is 14.8 Å². The van der Waals surface area contributed by atoms with E-state index in [4.69, 9.17) is 4.74 Å². The molecule has 1 N–H and O–H groups in total. The van der Waals surface area contributed by atoms with Gasteiger partial charge in [0.15, 0.2) is 0 Å². The van der Waals surface area contributed by atoms with Gasteiger partial charge in [-0.3, -0.25) is 9.69 Å². The van der Waals surface area contributed by atoms with Crippen LogP contribution in [0.25, 0.3) is 0 Å². The summed E-state index contributed by atoms with van der Waals surface area (Å²) in [4.78, 5) is 15.6. The van der Waals surface area contributed by atoms with Crippen LogP contribution in [0, 0.1) is 0 Å². The van der Waals surface area contributed by atoms with Gasteiger partial charge in [0, 0.05) is 37.8 Å². The predicted molar refractivity (Wildman–Crippen MR) is 128 cm³/mol. The Kier molecular flexibility index (Phi) is 7.80. The highest BCUT2D eigenvalue weighted by atomic mass is 32.2. The van der Waals surface area contributed by atoms with E-state index in [-0.39, 0.29) is 22.9 Å². The number of carbonyl (C=O) groups is 1. The third kappa shape index (κ3) is 5.63. The summed E-state index contributed by atoms with van der Waals surface area (Å²) in [6.07, 6.45) is 2.85. The smallest absolute Gasteiger partial charge is 0.251 e. The van der Waals surface area contributed by atoms with Gasteiger partial charge < -0.3 is 10.1 Å². The quantitative estimate of drug-likeness (QED) is 0.672. The van der Waals surface area contributed by atoms with Crippen LogP contribution in [0.3, 0.4) is 0 Å². The zero-order chi connectivity index (χ0) is 23.3. The number of hydrogen-bond donors (Lipinski definition) is 1. The van der Waals surface area contributed by atoms with Crippen molar-refractivity contribution in [3.05, 3.63) is 65.7 Å². The molecule has 2 saturated heterocycles. The molecule has 4 rings (SSSR count). The van der Waals surface area contributed by atoms with Gasteiger partial charge in [0.05, 0.1) is 24.2 Å². The molecule has 178 valence electrons. The fourth-order valence-corrected chi connectivity index (χ4v) is 6.24. The van der Waals surface area contributed by atoms with E-state index in [2.05, 4.69) is 22.3 Å². The van der Waals surface area contributed by atoms with E-state index in [1.54, 1.807) is 28.6 Å². The molecule has 2 aromatic rings. The molecule has 2 aliphatic heterocycles. The lowest BCUT2D eigenvalue weighted by molar-refractivity contribution is 0.00888. The molecule has 0 aromatic heterocycles. The summed E-state index contributed by atoms with van der Waals surface area (Å²) in [7, 11) is -3.51. The van der Waals surface area contributed by atoms with E-state index < -0.39 is 10.0 Å². The number of nitrogens with zero attached hydrogens (tertiary/aromatic N) is 2. The largest absolute Gasteiger partial charge is 0.379 e. The lowest BCUT2D eigenvalue weighted by Crippen LogP contribution is -2.48. The second-order valence-corrected chi connectivity index (χ2v) is 10.7. The van der Waals surface area contributed by atoms with E-state index >= 15 is 0 Å². The SMILES string of the molecule is C[C@H](NC(=O)c1ccc(S(=O)(=O)N2CCCCC2)cc1)[C@H](c1ccccc1)N1CCOCC1. The van der Waals surface area contributed by atoms with Gasteiger partial charge in [-0.1, -0.05) is 36.8 Å². The third-order valence-corrected chi connectivity index (χ3v) is 8.39. The van der Waals surface area contributed by atoms with Crippen LogP contribution in [-0.4, -0.2) is 69.0 Å². The minimum atomic E-state index is -3.51. The van der Waals surface area contributed by atoms with Crippen LogP contribution in [0.2, 0.25) is 0 Å². The Labute approximate surface area is 196 Å². The van der Waals surface area contributed by atoms with Gasteiger partial charge in [-0.05, 0) is 49.6 Å². The Morgan fingerprint density at radius 3 is 2.18 bits per heavy atom. The highest BCUT2D eigenvalue weighted by Crippen LogP contribution is 2.26. The van der Waals surface area contributed by atoms with Crippen molar-refractivity contribution < 1.29 is 17.9 Å². The maximum Gasteiger partial charge on any atom is 0.251 e. The molecule has 33 heavy (non-hydrogen) atoms. The molecule has 0 spiro atoms. The van der Waals surface area contributed by atoms with E-state index in [9.17, 15) is 13.2 Å². The maximum absolute atomic E-state index is 13.0. The molecule has 0 saturated carbocycles. The number of sulfonamides is 1. The van der Waals surface area contributed by atoms with Gasteiger partial charge in [-0.15, -0.1) is 0 Å². The summed E-state index contributed by atoms with van der Waals surface area (Å²) in [5.74, 6) is -0.210. The van der Waals surface area contributed by atoms with E-state index in [0.29, 0.717) is 31.9 Å². The first-order chi connectivity index (χ1) is 16.0. The molecule has 2 atom stereocenters. The van der Waals surface area contributed by atoms with Crippen molar-refractivity contribution in [3.8, 4) is 0 Å². The minimum Gasteiger partial charge on any atom is -0.379 e. The van der Waals surface area contributed by atoms with Gasteiger partial charge in [0.2, 0.25) is 10.0 Å². The Morgan fingerprint density at radius 2 is 1.55 bits per heavy atom. The summed E-state index contributed by atoms with van der Waals surface area (Å²) < 4.78 is 32.8. The number of ether oxygens (including phenoxy) is 1. The van der Waals surface area contributed by atoms with Gasteiger partial charge >= 0.3 is 0 Å². The number of piperidine rings is 1. The number of nitrogens with one attached hydrogen (secondary N) is 1. The number of morpholine rings is 1. The summed E-state index contributed by atoms with van der Waals surface area (Å²) in [5.41, 5.74) is 1.60. The summed E-state index contributed by atoms with van der Waals surface area (Å²) in [5, 5.41) is 3.13. The second kappa shape index (κ2) is 10.8. The lowest BCUT2D eigenvalue weighted by atomic mass is 9.97. The van der Waals surface area contributed by atoms with Crippen molar-refractivity contribution in [3.63, 3.8) is 0 Å². The molecule has 0 radical (unpaired) electrons. The molecule has 2 fully saturated rings. The zero-order valence-corrected chi connectivity index (χ0v) is 20.0. The van der Waals surface area contributed by atoms with E-state index in [1.807, 2.05) is 25.1 Å². The van der Waals surface area contributed by atoms with Crippen molar-refractivity contribution in [1.29, 1.82) is 0 Å². The number of benzene rings is 2. The Bertz CT molecular complexity index is 1020. The zero-order valence-electron chi connectivity index (χ0n) is 19.2. The first kappa shape index (κ1) is 23.9. The van der Waals surface area contributed by atoms with Gasteiger partial charge in [0.1, 0.15) is 0 Å². The lowest BCUT2D eigenvalue weighted by Gasteiger charge is -2.38. The highest BCUT2D eigenvalue weighted by molar-refractivity contribution is 7.89. The van der Waals surface area contributed by atoms with Crippen molar-refractivity contribution in [2.75, 3.05) is 39.4 Å². The molecule has 2 aliphatic rings. The molecule has 1 amide bonds. The average Bonchev–Trinajstić information content (AvgIpc) is 2.86. The van der Waals surface area contributed by atoms with Crippen LogP contribution < -0.4 is 5.32 Å². The molecule has 2 heterocycles. The van der Waals surface area contributed by atoms with Crippen molar-refractivity contribution in [1.82, 2.24) is 14.5 Å². The van der Waals surface area contributed by atoms with E-state index in [0.717, 1.165) is 37.9 Å². The Hall–Kier alpha value is -2.26. The third-order valence-electron chi connectivity index (χ3n) is 6.48. The predicted octanol–water partition coefficient (Wildman–Crippen LogP) is 3.05. The second-order valence-electron chi connectivity index (χ2n) is 8.76. The van der Waals surface area contributed by atoms with Gasteiger partial charge in [0.25, 0.3) is 5.91 Å². The monoisotopic (exact) mass is 471 g/mol. The molecule has 2 aromatic carbocycles. The summed E-state index contributed by atoms with van der Waals surface area (Å²) in [6.45, 7) is 6.11. The number of amides is 1. The molecule has 0 bridgehead atoms. The summed E-state index contributed by atoms with van der Waals surface area (Å²) >= 11 is 0. The van der Waals surface area contributed by atoms with Crippen LogP contribution in [0.15, 0.2) is 59.5 Å². The standard InChI is InChI=1S/C25H33N3O4S/c1-20(24(21-8-4-2-5-9-21)27-16-18-32-19-17-27)26-25(29)22-10-12-23(13-11-22)33(30,31)28-14-6-3-7-15-28/h2,4-5,8-13,20,24H,3,6-7,14-19H2,1H3,(H,26,29)/t20-,24+/m0/s1.